The Hall–Kier alpha value is -1.57. The molecule has 8 heteroatoms. The van der Waals surface area contributed by atoms with Crippen LogP contribution in [0.2, 0.25) is 0 Å². The van der Waals surface area contributed by atoms with Gasteiger partial charge in [-0.2, -0.15) is 4.98 Å². The topological polar surface area (TPSA) is 98.4 Å². The van der Waals surface area contributed by atoms with Gasteiger partial charge in [0.1, 0.15) is 21.9 Å². The first-order valence-electron chi connectivity index (χ1n) is 4.88. The third-order valence-corrected chi connectivity index (χ3v) is 3.10. The summed E-state index contributed by atoms with van der Waals surface area (Å²) in [4.78, 5) is 9.50. The summed E-state index contributed by atoms with van der Waals surface area (Å²) in [5, 5.41) is 0. The number of methoxy groups -OCH3 is 1. The smallest absolute Gasteiger partial charge is 0.242 e. The van der Waals surface area contributed by atoms with Gasteiger partial charge in [-0.1, -0.05) is 0 Å². The van der Waals surface area contributed by atoms with E-state index < -0.39 is 9.84 Å². The van der Waals surface area contributed by atoms with Gasteiger partial charge in [-0.15, -0.1) is 0 Å². The number of anilines is 2. The first kappa shape index (κ1) is 13.5. The molecule has 0 radical (unpaired) electrons. The van der Waals surface area contributed by atoms with Crippen LogP contribution >= 0.6 is 0 Å². The van der Waals surface area contributed by atoms with Gasteiger partial charge in [0.2, 0.25) is 5.88 Å². The lowest BCUT2D eigenvalue weighted by Crippen LogP contribution is -2.26. The number of rotatable bonds is 5. The third-order valence-electron chi connectivity index (χ3n) is 2.18. The molecular weight excluding hydrogens is 244 g/mol. The zero-order valence-electron chi connectivity index (χ0n) is 10.0. The maximum absolute atomic E-state index is 11.1. The first-order valence-corrected chi connectivity index (χ1v) is 6.94. The van der Waals surface area contributed by atoms with Crippen LogP contribution in [0.1, 0.15) is 0 Å². The van der Waals surface area contributed by atoms with Crippen molar-refractivity contribution in [1.82, 2.24) is 9.97 Å². The molecule has 0 fully saturated rings. The largest absolute Gasteiger partial charge is 0.479 e. The minimum atomic E-state index is -3.01. The predicted molar refractivity (Wildman–Crippen MR) is 66.0 cm³/mol. The van der Waals surface area contributed by atoms with Gasteiger partial charge in [0.15, 0.2) is 5.82 Å². The van der Waals surface area contributed by atoms with Crippen molar-refractivity contribution < 1.29 is 13.2 Å². The maximum atomic E-state index is 11.1. The fraction of sp³-hybridized carbons (Fsp3) is 0.556. The van der Waals surface area contributed by atoms with Gasteiger partial charge in [-0.05, 0) is 0 Å². The number of hydrogen-bond acceptors (Lipinski definition) is 7. The average molecular weight is 260 g/mol. The normalized spacial score (nSPS) is 11.2. The van der Waals surface area contributed by atoms with Gasteiger partial charge in [-0.25, -0.2) is 13.4 Å². The highest BCUT2D eigenvalue weighted by atomic mass is 32.2. The predicted octanol–water partition coefficient (Wildman–Crippen LogP) is -0.452. The van der Waals surface area contributed by atoms with E-state index in [1.807, 2.05) is 0 Å². The molecule has 0 saturated heterocycles. The molecule has 0 atom stereocenters. The van der Waals surface area contributed by atoms with E-state index in [-0.39, 0.29) is 11.6 Å². The summed E-state index contributed by atoms with van der Waals surface area (Å²) in [5.74, 6) is 0.775. The van der Waals surface area contributed by atoms with E-state index in [0.717, 1.165) is 0 Å². The molecule has 0 saturated carbocycles. The van der Waals surface area contributed by atoms with Crippen LogP contribution in [-0.2, 0) is 9.84 Å². The molecule has 1 heterocycles. The number of nitrogen functional groups attached to an aromatic ring is 1. The molecule has 0 aliphatic rings. The van der Waals surface area contributed by atoms with Crippen LogP contribution in [0.25, 0.3) is 0 Å². The Morgan fingerprint density at radius 1 is 1.47 bits per heavy atom. The highest BCUT2D eigenvalue weighted by Crippen LogP contribution is 2.26. The van der Waals surface area contributed by atoms with E-state index in [1.54, 1.807) is 11.9 Å². The van der Waals surface area contributed by atoms with E-state index in [2.05, 4.69) is 9.97 Å². The zero-order chi connectivity index (χ0) is 13.1. The molecule has 17 heavy (non-hydrogen) atoms. The highest BCUT2D eigenvalue weighted by Gasteiger charge is 2.13. The second kappa shape index (κ2) is 5.17. The number of hydrogen-bond donors (Lipinski definition) is 1. The number of nitrogens with two attached hydrogens (primary N) is 1. The van der Waals surface area contributed by atoms with E-state index >= 15 is 0 Å². The Bertz CT molecular complexity index is 489. The molecule has 0 aromatic carbocycles. The summed E-state index contributed by atoms with van der Waals surface area (Å²) in [7, 11) is 0.156. The third kappa shape index (κ3) is 3.74. The van der Waals surface area contributed by atoms with Crippen LogP contribution < -0.4 is 15.4 Å². The van der Waals surface area contributed by atoms with Gasteiger partial charge in [0.25, 0.3) is 0 Å². The number of sulfone groups is 1. The van der Waals surface area contributed by atoms with Gasteiger partial charge in [0.05, 0.1) is 12.9 Å². The van der Waals surface area contributed by atoms with Crippen molar-refractivity contribution in [2.24, 2.45) is 0 Å². The Kier molecular flexibility index (Phi) is 4.11. The molecule has 0 spiro atoms. The molecule has 0 unspecified atom stereocenters. The van der Waals surface area contributed by atoms with Crippen molar-refractivity contribution in [3.05, 3.63) is 6.33 Å². The summed E-state index contributed by atoms with van der Waals surface area (Å²) >= 11 is 0. The van der Waals surface area contributed by atoms with Crippen LogP contribution in [0, 0.1) is 0 Å². The Labute approximate surface area is 101 Å². The second-order valence-corrected chi connectivity index (χ2v) is 5.93. The van der Waals surface area contributed by atoms with Crippen LogP contribution in [-0.4, -0.2) is 51.1 Å². The van der Waals surface area contributed by atoms with Crippen LogP contribution in [0.15, 0.2) is 6.33 Å². The lowest BCUT2D eigenvalue weighted by Gasteiger charge is -2.19. The zero-order valence-corrected chi connectivity index (χ0v) is 10.9. The molecular formula is C9H16N4O3S. The standard InChI is InChI=1S/C9H16N4O3S/c1-13(4-5-17(3,14)15)8-7(10)9(16-2)12-6-11-8/h6H,4-5,10H2,1-3H3. The second-order valence-electron chi connectivity index (χ2n) is 3.67. The Balaban J connectivity index is 2.86. The Morgan fingerprint density at radius 2 is 2.12 bits per heavy atom. The summed E-state index contributed by atoms with van der Waals surface area (Å²) < 4.78 is 27.1. The van der Waals surface area contributed by atoms with E-state index in [0.29, 0.717) is 18.1 Å². The fourth-order valence-corrected chi connectivity index (χ4v) is 1.85. The molecule has 1 rings (SSSR count). The number of aromatic nitrogens is 2. The molecule has 0 amide bonds. The van der Waals surface area contributed by atoms with Crippen molar-refractivity contribution >= 4 is 21.3 Å². The molecule has 96 valence electrons. The van der Waals surface area contributed by atoms with E-state index in [4.69, 9.17) is 10.5 Å². The number of ether oxygens (including phenoxy) is 1. The van der Waals surface area contributed by atoms with Crippen molar-refractivity contribution in [3.63, 3.8) is 0 Å². The summed E-state index contributed by atoms with van der Waals surface area (Å²) in [6, 6.07) is 0. The lowest BCUT2D eigenvalue weighted by atomic mass is 10.4. The van der Waals surface area contributed by atoms with Gasteiger partial charge < -0.3 is 15.4 Å². The molecule has 0 aliphatic carbocycles. The minimum Gasteiger partial charge on any atom is -0.479 e. The monoisotopic (exact) mass is 260 g/mol. The molecule has 1 aromatic heterocycles. The summed E-state index contributed by atoms with van der Waals surface area (Å²) in [5.41, 5.74) is 6.09. The van der Waals surface area contributed by atoms with Gasteiger partial charge >= 0.3 is 0 Å². The maximum Gasteiger partial charge on any atom is 0.242 e. The molecule has 0 aliphatic heterocycles. The van der Waals surface area contributed by atoms with E-state index in [9.17, 15) is 8.42 Å². The highest BCUT2D eigenvalue weighted by molar-refractivity contribution is 7.90. The number of nitrogens with zero attached hydrogens (tertiary/aromatic N) is 3. The Morgan fingerprint density at radius 3 is 2.65 bits per heavy atom. The average Bonchev–Trinajstić information content (AvgIpc) is 2.25. The molecule has 1 aromatic rings. The van der Waals surface area contributed by atoms with Crippen molar-refractivity contribution in [3.8, 4) is 5.88 Å². The van der Waals surface area contributed by atoms with Crippen LogP contribution in [0.4, 0.5) is 11.5 Å². The van der Waals surface area contributed by atoms with Crippen molar-refractivity contribution in [2.45, 2.75) is 0 Å². The van der Waals surface area contributed by atoms with Crippen molar-refractivity contribution in [1.29, 1.82) is 0 Å². The molecule has 2 N–H and O–H groups in total. The van der Waals surface area contributed by atoms with E-state index in [1.165, 1.54) is 19.7 Å². The fourth-order valence-electron chi connectivity index (χ4n) is 1.25. The summed E-state index contributed by atoms with van der Waals surface area (Å²) in [6.45, 7) is 0.309. The quantitative estimate of drug-likeness (QED) is 0.765. The van der Waals surface area contributed by atoms with Crippen LogP contribution in [0.3, 0.4) is 0 Å². The van der Waals surface area contributed by atoms with Crippen LogP contribution in [0.5, 0.6) is 5.88 Å². The SMILES string of the molecule is COc1ncnc(N(C)CCS(C)(=O)=O)c1N. The first-order chi connectivity index (χ1) is 7.85. The van der Waals surface area contributed by atoms with Gasteiger partial charge in [0, 0.05) is 19.8 Å². The van der Waals surface area contributed by atoms with Gasteiger partial charge in [-0.3, -0.25) is 0 Å². The summed E-state index contributed by atoms with van der Waals surface area (Å²) in [6.07, 6.45) is 2.51. The molecule has 0 bridgehead atoms. The molecule has 7 nitrogen and oxygen atoms in total. The minimum absolute atomic E-state index is 0.0370. The lowest BCUT2D eigenvalue weighted by molar-refractivity contribution is 0.399. The van der Waals surface area contributed by atoms with Crippen molar-refractivity contribution in [2.75, 3.05) is 43.3 Å².